The fourth-order valence-electron chi connectivity index (χ4n) is 9.81. The van der Waals surface area contributed by atoms with Crippen LogP contribution < -0.4 is 5.32 Å². The molecule has 2 atom stereocenters. The van der Waals surface area contributed by atoms with Crippen LogP contribution in [-0.4, -0.2) is 47.4 Å². The minimum absolute atomic E-state index is 0.00611. The first-order valence-corrected chi connectivity index (χ1v) is 30.9. The Morgan fingerprint density at radius 1 is 0.397 bits per heavy atom. The maximum absolute atomic E-state index is 12.5. The van der Waals surface area contributed by atoms with Gasteiger partial charge in [-0.2, -0.15) is 0 Å². The van der Waals surface area contributed by atoms with Gasteiger partial charge in [-0.05, 0) is 51.4 Å². The summed E-state index contributed by atoms with van der Waals surface area (Å²) in [5, 5.41) is 23.3. The van der Waals surface area contributed by atoms with Gasteiger partial charge in [-0.1, -0.05) is 296 Å². The number of amides is 1. The molecule has 6 nitrogen and oxygen atoms in total. The molecule has 0 aliphatic carbocycles. The standard InChI is InChI=1S/C62H121NO5/c1-3-5-7-9-11-13-15-17-19-20-21-24-27-30-34-38-42-46-50-54-60(65)59(58-64)63-61(66)55-51-47-43-39-35-31-28-25-22-23-26-29-33-37-41-45-49-53-57-68-62(67)56-52-48-44-40-36-32-18-16-14-12-10-8-6-4-2/h25,28,59-60,64-65H,3-24,26-27,29-58H2,1-2H3,(H,63,66)/b28-25-. The highest BCUT2D eigenvalue weighted by Crippen LogP contribution is 2.18. The van der Waals surface area contributed by atoms with Crippen LogP contribution in [0.1, 0.15) is 348 Å². The fourth-order valence-corrected chi connectivity index (χ4v) is 9.81. The normalized spacial score (nSPS) is 12.6. The van der Waals surface area contributed by atoms with Crippen molar-refractivity contribution in [3.05, 3.63) is 12.2 Å². The fraction of sp³-hybridized carbons (Fsp3) is 0.935. The van der Waals surface area contributed by atoms with Crippen LogP contribution in [0, 0.1) is 0 Å². The number of allylic oxidation sites excluding steroid dienone is 2. The number of carbonyl (C=O) groups is 2. The van der Waals surface area contributed by atoms with Crippen LogP contribution in [0.25, 0.3) is 0 Å². The van der Waals surface area contributed by atoms with Crippen LogP contribution in [0.3, 0.4) is 0 Å². The molecule has 0 saturated carbocycles. The summed E-state index contributed by atoms with van der Waals surface area (Å²) < 4.78 is 5.48. The third-order valence-corrected chi connectivity index (χ3v) is 14.6. The van der Waals surface area contributed by atoms with E-state index in [0.29, 0.717) is 25.9 Å². The molecular weight excluding hydrogens is 839 g/mol. The Labute approximate surface area is 425 Å². The van der Waals surface area contributed by atoms with Crippen molar-refractivity contribution in [3.63, 3.8) is 0 Å². The number of hydrogen-bond acceptors (Lipinski definition) is 5. The zero-order valence-corrected chi connectivity index (χ0v) is 46.1. The number of esters is 1. The van der Waals surface area contributed by atoms with E-state index in [-0.39, 0.29) is 18.5 Å². The Kier molecular flexibility index (Phi) is 57.0. The second-order valence-electron chi connectivity index (χ2n) is 21.4. The topological polar surface area (TPSA) is 95.9 Å². The van der Waals surface area contributed by atoms with Crippen molar-refractivity contribution in [2.75, 3.05) is 13.2 Å². The highest BCUT2D eigenvalue weighted by Gasteiger charge is 2.20. The quantitative estimate of drug-likeness (QED) is 0.0321. The molecule has 404 valence electrons. The molecule has 0 bridgehead atoms. The molecule has 68 heavy (non-hydrogen) atoms. The van der Waals surface area contributed by atoms with Crippen molar-refractivity contribution in [1.82, 2.24) is 5.32 Å². The van der Waals surface area contributed by atoms with Gasteiger partial charge in [-0.3, -0.25) is 9.59 Å². The average Bonchev–Trinajstić information content (AvgIpc) is 3.34. The lowest BCUT2D eigenvalue weighted by atomic mass is 10.0. The number of carbonyl (C=O) groups excluding carboxylic acids is 2. The van der Waals surface area contributed by atoms with Gasteiger partial charge < -0.3 is 20.3 Å². The molecule has 0 aromatic rings. The van der Waals surface area contributed by atoms with E-state index in [2.05, 4.69) is 31.3 Å². The monoisotopic (exact) mass is 960 g/mol. The molecule has 2 unspecified atom stereocenters. The van der Waals surface area contributed by atoms with Crippen molar-refractivity contribution < 1.29 is 24.5 Å². The molecule has 0 fully saturated rings. The zero-order chi connectivity index (χ0) is 49.3. The summed E-state index contributed by atoms with van der Waals surface area (Å²) in [6.07, 6.45) is 69.3. The van der Waals surface area contributed by atoms with Crippen LogP contribution in [0.4, 0.5) is 0 Å². The summed E-state index contributed by atoms with van der Waals surface area (Å²) in [6, 6.07) is -0.551. The summed E-state index contributed by atoms with van der Waals surface area (Å²) >= 11 is 0. The number of nitrogens with one attached hydrogen (secondary N) is 1. The third-order valence-electron chi connectivity index (χ3n) is 14.6. The lowest BCUT2D eigenvalue weighted by Crippen LogP contribution is -2.45. The van der Waals surface area contributed by atoms with Crippen molar-refractivity contribution in [2.24, 2.45) is 0 Å². The lowest BCUT2D eigenvalue weighted by molar-refractivity contribution is -0.143. The minimum atomic E-state index is -0.673. The van der Waals surface area contributed by atoms with E-state index in [1.54, 1.807) is 0 Å². The molecule has 0 heterocycles. The number of hydrogen-bond donors (Lipinski definition) is 3. The van der Waals surface area contributed by atoms with E-state index in [4.69, 9.17) is 4.74 Å². The molecule has 1 amide bonds. The molecule has 6 heteroatoms. The van der Waals surface area contributed by atoms with Crippen LogP contribution in [0.2, 0.25) is 0 Å². The molecule has 0 aliphatic rings. The molecule has 0 spiro atoms. The van der Waals surface area contributed by atoms with Crippen LogP contribution >= 0.6 is 0 Å². The van der Waals surface area contributed by atoms with Gasteiger partial charge in [0.2, 0.25) is 5.91 Å². The second kappa shape index (κ2) is 58.2. The summed E-state index contributed by atoms with van der Waals surface area (Å²) in [4.78, 5) is 24.5. The largest absolute Gasteiger partial charge is 0.466 e. The first-order chi connectivity index (χ1) is 33.5. The minimum Gasteiger partial charge on any atom is -0.466 e. The molecule has 0 aromatic carbocycles. The summed E-state index contributed by atoms with van der Waals surface area (Å²) in [7, 11) is 0. The van der Waals surface area contributed by atoms with Gasteiger partial charge in [-0.15, -0.1) is 0 Å². The number of unbranched alkanes of at least 4 members (excludes halogenated alkanes) is 45. The Morgan fingerprint density at radius 3 is 1.04 bits per heavy atom. The molecule has 0 aromatic heterocycles. The molecular formula is C62H121NO5. The van der Waals surface area contributed by atoms with E-state index in [1.807, 2.05) is 0 Å². The third kappa shape index (κ3) is 53.9. The number of rotatable bonds is 58. The van der Waals surface area contributed by atoms with E-state index in [9.17, 15) is 19.8 Å². The molecule has 0 saturated heterocycles. The predicted molar refractivity (Wildman–Crippen MR) is 297 cm³/mol. The Balaban J connectivity index is 3.44. The van der Waals surface area contributed by atoms with Gasteiger partial charge in [0.1, 0.15) is 0 Å². The summed E-state index contributed by atoms with van der Waals surface area (Å²) in [6.45, 7) is 4.97. The molecule has 0 aliphatic heterocycles. The van der Waals surface area contributed by atoms with Crippen LogP contribution in [0.5, 0.6) is 0 Å². The zero-order valence-electron chi connectivity index (χ0n) is 46.1. The van der Waals surface area contributed by atoms with E-state index in [0.717, 1.165) is 57.8 Å². The average molecular weight is 961 g/mol. The van der Waals surface area contributed by atoms with Gasteiger partial charge in [0.15, 0.2) is 0 Å². The number of aliphatic hydroxyl groups is 2. The van der Waals surface area contributed by atoms with Crippen molar-refractivity contribution in [2.45, 2.75) is 360 Å². The second-order valence-corrected chi connectivity index (χ2v) is 21.4. The van der Waals surface area contributed by atoms with Crippen LogP contribution in [-0.2, 0) is 14.3 Å². The van der Waals surface area contributed by atoms with E-state index < -0.39 is 12.1 Å². The van der Waals surface area contributed by atoms with Gasteiger partial charge in [0.05, 0.1) is 25.4 Å². The lowest BCUT2D eigenvalue weighted by Gasteiger charge is -2.22. The van der Waals surface area contributed by atoms with E-state index >= 15 is 0 Å². The first kappa shape index (κ1) is 66.6. The molecule has 3 N–H and O–H groups in total. The first-order valence-electron chi connectivity index (χ1n) is 30.9. The van der Waals surface area contributed by atoms with Crippen molar-refractivity contribution in [3.8, 4) is 0 Å². The van der Waals surface area contributed by atoms with Gasteiger partial charge in [0, 0.05) is 12.8 Å². The molecule has 0 rings (SSSR count). The smallest absolute Gasteiger partial charge is 0.305 e. The van der Waals surface area contributed by atoms with Crippen LogP contribution in [0.15, 0.2) is 12.2 Å². The number of ether oxygens (including phenoxy) is 1. The predicted octanol–water partition coefficient (Wildman–Crippen LogP) is 19.2. The highest BCUT2D eigenvalue weighted by molar-refractivity contribution is 5.76. The Bertz CT molecular complexity index is 1020. The highest BCUT2D eigenvalue weighted by atomic mass is 16.5. The number of aliphatic hydroxyl groups excluding tert-OH is 2. The Morgan fingerprint density at radius 2 is 0.691 bits per heavy atom. The van der Waals surface area contributed by atoms with Gasteiger partial charge in [-0.25, -0.2) is 0 Å². The maximum Gasteiger partial charge on any atom is 0.305 e. The maximum atomic E-state index is 12.5. The van der Waals surface area contributed by atoms with Gasteiger partial charge in [0.25, 0.3) is 0 Å². The van der Waals surface area contributed by atoms with E-state index in [1.165, 1.54) is 257 Å². The van der Waals surface area contributed by atoms with Crippen molar-refractivity contribution >= 4 is 11.9 Å². The summed E-state index contributed by atoms with van der Waals surface area (Å²) in [5.74, 6) is -0.0397. The van der Waals surface area contributed by atoms with Gasteiger partial charge >= 0.3 is 5.97 Å². The molecule has 0 radical (unpaired) electrons. The Hall–Kier alpha value is -1.40. The SMILES string of the molecule is CCCCCCCCCCCCCCCCCCCCCC(O)C(CO)NC(=O)CCCCCCC/C=C\CCCCCCCCCCCOC(=O)CCCCCCCCCCCCCCCC. The van der Waals surface area contributed by atoms with Crippen molar-refractivity contribution in [1.29, 1.82) is 0 Å². The summed E-state index contributed by atoms with van der Waals surface area (Å²) in [5.41, 5.74) is 0.